The number of ketones is 1. The van der Waals surface area contributed by atoms with E-state index in [1.54, 1.807) is 19.2 Å². The van der Waals surface area contributed by atoms with Crippen LogP contribution in [-0.4, -0.2) is 81.4 Å². The number of nitrogens with one attached hydrogen (secondary N) is 1. The van der Waals surface area contributed by atoms with Gasteiger partial charge in [-0.25, -0.2) is 19.1 Å². The molecule has 0 saturated carbocycles. The molecule has 0 spiro atoms. The van der Waals surface area contributed by atoms with Crippen LogP contribution in [0.3, 0.4) is 0 Å². The van der Waals surface area contributed by atoms with Crippen LogP contribution in [-0.2, 0) is 13.1 Å². The zero-order valence-electron chi connectivity index (χ0n) is 25.2. The summed E-state index contributed by atoms with van der Waals surface area (Å²) < 4.78 is 80.4. The van der Waals surface area contributed by atoms with Crippen LogP contribution in [0.25, 0.3) is 17.1 Å². The van der Waals surface area contributed by atoms with Gasteiger partial charge in [0.05, 0.1) is 24.0 Å². The predicted molar refractivity (Wildman–Crippen MR) is 157 cm³/mol. The number of pyridine rings is 1. The third kappa shape index (κ3) is 9.04. The third-order valence-corrected chi connectivity index (χ3v) is 6.92. The molecular formula is C28H28ClF6N9O4. The fourth-order valence-corrected chi connectivity index (χ4v) is 4.40. The number of benzene rings is 1. The van der Waals surface area contributed by atoms with Crippen molar-refractivity contribution in [1.29, 1.82) is 0 Å². The zero-order valence-corrected chi connectivity index (χ0v) is 25.9. The number of hydrogen-bond donors (Lipinski definition) is 3. The number of Topliss-reactive ketones (excluding diaryl/α,β-unsaturated/α-hetero) is 1. The molecule has 48 heavy (non-hydrogen) atoms. The number of aromatic nitrogens is 7. The second kappa shape index (κ2) is 13.9. The lowest BCUT2D eigenvalue weighted by atomic mass is 9.98. The minimum atomic E-state index is -5.07. The van der Waals surface area contributed by atoms with Gasteiger partial charge in [0.1, 0.15) is 13.1 Å². The van der Waals surface area contributed by atoms with Gasteiger partial charge in [-0.1, -0.05) is 11.6 Å². The lowest BCUT2D eigenvalue weighted by molar-refractivity contribution is -0.207. The first-order valence-corrected chi connectivity index (χ1v) is 14.4. The van der Waals surface area contributed by atoms with Gasteiger partial charge in [0.15, 0.2) is 29.4 Å². The van der Waals surface area contributed by atoms with Crippen LogP contribution in [0, 0.1) is 0 Å². The molecule has 0 fully saturated rings. The zero-order chi connectivity index (χ0) is 35.6. The molecule has 3 aromatic heterocycles. The lowest BCUT2D eigenvalue weighted by Gasteiger charge is -2.17. The minimum absolute atomic E-state index is 0.163. The molecule has 4 rings (SSSR count). The number of aliphatic hydroxyl groups excluding tert-OH is 1. The molecule has 4 N–H and O–H groups in total. The fourth-order valence-electron chi connectivity index (χ4n) is 4.27. The molecule has 1 amide bonds. The summed E-state index contributed by atoms with van der Waals surface area (Å²) >= 11 is 5.92. The standard InChI is InChI=1S/C28H28ClF6N9O4/c1-26(2,36)9-7-19(45)23-39-21(40-44(23)18-11-37-10-8-17(18)24(47)38-14-27(30,31)32)13-43-25(48)42(12-20(46)28(33,34)35)22(41-43)15-3-5-16(29)6-4-15/h3-6,8,10-11,20,46H,7,9,12-14,36H2,1-2H3,(H,38,47)/t20-/m0/s1. The van der Waals surface area contributed by atoms with Gasteiger partial charge in [0, 0.05) is 28.7 Å². The Morgan fingerprint density at radius 2 is 1.73 bits per heavy atom. The van der Waals surface area contributed by atoms with Crippen molar-refractivity contribution >= 4 is 23.3 Å². The van der Waals surface area contributed by atoms with Gasteiger partial charge in [-0.05, 0) is 50.6 Å². The van der Waals surface area contributed by atoms with E-state index in [1.165, 1.54) is 24.3 Å². The number of amides is 1. The molecule has 258 valence electrons. The minimum Gasteiger partial charge on any atom is -0.382 e. The second-order valence-electron chi connectivity index (χ2n) is 11.3. The summed E-state index contributed by atoms with van der Waals surface area (Å²) in [6.07, 6.45) is -10.6. The number of aliphatic hydroxyl groups is 1. The van der Waals surface area contributed by atoms with Gasteiger partial charge in [0.2, 0.25) is 0 Å². The molecule has 1 aromatic carbocycles. The topological polar surface area (TPSA) is 176 Å². The van der Waals surface area contributed by atoms with E-state index in [9.17, 15) is 45.8 Å². The second-order valence-corrected chi connectivity index (χ2v) is 11.7. The maximum absolute atomic E-state index is 13.4. The van der Waals surface area contributed by atoms with Gasteiger partial charge in [-0.3, -0.25) is 19.1 Å². The fraction of sp³-hybridized carbons (Fsp3) is 0.393. The summed E-state index contributed by atoms with van der Waals surface area (Å²) in [7, 11) is 0. The van der Waals surface area contributed by atoms with E-state index < -0.39 is 66.8 Å². The van der Waals surface area contributed by atoms with E-state index in [0.717, 1.165) is 23.1 Å². The third-order valence-electron chi connectivity index (χ3n) is 6.67. The van der Waals surface area contributed by atoms with E-state index >= 15 is 0 Å². The lowest BCUT2D eigenvalue weighted by Crippen LogP contribution is -2.37. The monoisotopic (exact) mass is 703 g/mol. The van der Waals surface area contributed by atoms with Crippen molar-refractivity contribution in [2.24, 2.45) is 5.73 Å². The number of carbonyl (C=O) groups excluding carboxylic acids is 2. The van der Waals surface area contributed by atoms with E-state index in [4.69, 9.17) is 17.3 Å². The van der Waals surface area contributed by atoms with E-state index in [1.807, 2.05) is 0 Å². The highest BCUT2D eigenvalue weighted by molar-refractivity contribution is 6.30. The quantitative estimate of drug-likeness (QED) is 0.148. The molecule has 0 aliphatic carbocycles. The van der Waals surface area contributed by atoms with E-state index in [0.29, 0.717) is 9.25 Å². The Balaban J connectivity index is 1.81. The van der Waals surface area contributed by atoms with Crippen LogP contribution in [0.5, 0.6) is 0 Å². The maximum Gasteiger partial charge on any atom is 0.416 e. The largest absolute Gasteiger partial charge is 0.416 e. The number of alkyl halides is 6. The molecule has 3 heterocycles. The van der Waals surface area contributed by atoms with Crippen LogP contribution in [0.4, 0.5) is 26.3 Å². The summed E-state index contributed by atoms with van der Waals surface area (Å²) in [5.74, 6) is -2.77. The Bertz CT molecular complexity index is 1840. The van der Waals surface area contributed by atoms with Crippen molar-refractivity contribution in [1.82, 2.24) is 39.4 Å². The average molecular weight is 704 g/mol. The number of nitrogens with zero attached hydrogens (tertiary/aromatic N) is 7. The summed E-state index contributed by atoms with van der Waals surface area (Å²) in [6.45, 7) is -0.167. The van der Waals surface area contributed by atoms with Crippen molar-refractivity contribution in [3.63, 3.8) is 0 Å². The molecule has 0 aliphatic heterocycles. The highest BCUT2D eigenvalue weighted by Crippen LogP contribution is 2.25. The summed E-state index contributed by atoms with van der Waals surface area (Å²) in [6, 6.07) is 6.69. The van der Waals surface area contributed by atoms with Crippen molar-refractivity contribution in [3.8, 4) is 17.1 Å². The van der Waals surface area contributed by atoms with Gasteiger partial charge in [-0.15, -0.1) is 10.2 Å². The molecule has 13 nitrogen and oxygen atoms in total. The number of rotatable bonds is 12. The Hall–Kier alpha value is -4.62. The maximum atomic E-state index is 13.4. The normalized spacial score (nSPS) is 13.1. The van der Waals surface area contributed by atoms with Crippen molar-refractivity contribution < 1.29 is 41.0 Å². The first-order chi connectivity index (χ1) is 22.2. The van der Waals surface area contributed by atoms with Crippen molar-refractivity contribution in [2.45, 2.75) is 63.8 Å². The van der Waals surface area contributed by atoms with Crippen LogP contribution >= 0.6 is 11.6 Å². The number of hydrogen-bond acceptors (Lipinski definition) is 9. The highest BCUT2D eigenvalue weighted by atomic mass is 35.5. The molecule has 20 heteroatoms. The van der Waals surface area contributed by atoms with Crippen LogP contribution < -0.4 is 16.7 Å². The number of halogens is 7. The summed E-state index contributed by atoms with van der Waals surface area (Å²) in [5, 5.41) is 20.1. The smallest absolute Gasteiger partial charge is 0.382 e. The molecule has 0 radical (unpaired) electrons. The van der Waals surface area contributed by atoms with Gasteiger partial charge < -0.3 is 16.2 Å². The van der Waals surface area contributed by atoms with Crippen molar-refractivity contribution in [2.75, 3.05) is 6.54 Å². The van der Waals surface area contributed by atoms with Crippen LogP contribution in [0.15, 0.2) is 47.5 Å². The highest BCUT2D eigenvalue weighted by Gasteiger charge is 2.39. The predicted octanol–water partition coefficient (Wildman–Crippen LogP) is 3.30. The Kier molecular flexibility index (Phi) is 10.5. The van der Waals surface area contributed by atoms with Crippen LogP contribution in [0.2, 0.25) is 5.02 Å². The number of carbonyl (C=O) groups is 2. The first-order valence-electron chi connectivity index (χ1n) is 14.0. The summed E-state index contributed by atoms with van der Waals surface area (Å²) in [4.78, 5) is 47.6. The summed E-state index contributed by atoms with van der Waals surface area (Å²) in [5.41, 5.74) is 3.69. The van der Waals surface area contributed by atoms with E-state index in [-0.39, 0.29) is 46.3 Å². The SMILES string of the molecule is CC(C)(N)CCC(=O)c1nc(Cn2nc(-c3ccc(Cl)cc3)n(C[C@H](O)C(F)(F)F)c2=O)nn1-c1cnccc1C(=O)NCC(F)(F)F. The van der Waals surface area contributed by atoms with E-state index in [2.05, 4.69) is 20.2 Å². The first kappa shape index (κ1) is 36.2. The molecule has 0 saturated heterocycles. The van der Waals surface area contributed by atoms with Gasteiger partial charge in [0.25, 0.3) is 5.91 Å². The molecule has 0 aliphatic rings. The average Bonchev–Trinajstić information content (AvgIpc) is 3.55. The molecule has 1 atom stereocenters. The number of nitrogens with two attached hydrogens (primary N) is 1. The molecular weight excluding hydrogens is 676 g/mol. The Morgan fingerprint density at radius 1 is 1.06 bits per heavy atom. The molecule has 0 unspecified atom stereocenters. The molecule has 0 bridgehead atoms. The Morgan fingerprint density at radius 3 is 2.33 bits per heavy atom. The van der Waals surface area contributed by atoms with Crippen LogP contribution in [0.1, 0.15) is 53.5 Å². The van der Waals surface area contributed by atoms with Gasteiger partial charge >= 0.3 is 18.0 Å². The molecule has 4 aromatic rings. The Labute approximate surface area is 272 Å². The van der Waals surface area contributed by atoms with Crippen molar-refractivity contribution in [3.05, 3.63) is 75.4 Å². The van der Waals surface area contributed by atoms with Gasteiger partial charge in [-0.2, -0.15) is 26.3 Å².